The van der Waals surface area contributed by atoms with Crippen LogP contribution in [0.25, 0.3) is 27.2 Å². The number of aryl methyl sites for hydroxylation is 1. The normalized spacial score (nSPS) is 12.7. The summed E-state index contributed by atoms with van der Waals surface area (Å²) in [4.78, 5) is 1.29. The lowest BCUT2D eigenvalue weighted by Crippen LogP contribution is -2.28. The van der Waals surface area contributed by atoms with Gasteiger partial charge in [-0.1, -0.05) is 47.4 Å². The number of thioether (sulfide) groups is 1. The molecule has 1 aliphatic carbocycles. The second-order valence-corrected chi connectivity index (χ2v) is 8.41. The molecule has 0 saturated carbocycles. The van der Waals surface area contributed by atoms with Gasteiger partial charge in [-0.2, -0.15) is 0 Å². The van der Waals surface area contributed by atoms with Crippen LogP contribution in [0.1, 0.15) is 11.1 Å². The summed E-state index contributed by atoms with van der Waals surface area (Å²) in [6.07, 6.45) is 4.32. The van der Waals surface area contributed by atoms with Gasteiger partial charge in [-0.15, -0.1) is 4.40 Å². The van der Waals surface area contributed by atoms with Crippen LogP contribution in [-0.2, 0) is 12.8 Å². The monoisotopic (exact) mass is 390 g/mol. The molecule has 0 amide bonds. The fraction of sp³-hybridized carbons (Fsp3) is 0.174. The van der Waals surface area contributed by atoms with Gasteiger partial charge in [-0.05, 0) is 60.1 Å². The van der Waals surface area contributed by atoms with Crippen LogP contribution in [0.5, 0.6) is 5.75 Å². The predicted molar refractivity (Wildman–Crippen MR) is 114 cm³/mol. The van der Waals surface area contributed by atoms with E-state index in [4.69, 9.17) is 4.74 Å². The number of hydrogen-bond donors (Lipinski definition) is 0. The van der Waals surface area contributed by atoms with E-state index in [-0.39, 0.29) is 0 Å². The molecule has 0 aliphatic heterocycles. The summed E-state index contributed by atoms with van der Waals surface area (Å²) in [5.74, 6) is 0.945. The van der Waals surface area contributed by atoms with Crippen LogP contribution in [0.15, 0.2) is 65.0 Å². The molecule has 0 bridgehead atoms. The summed E-state index contributed by atoms with van der Waals surface area (Å²) in [7, 11) is 1.74. The fourth-order valence-electron chi connectivity index (χ4n) is 4.04. The molecule has 0 atom stereocenters. The van der Waals surface area contributed by atoms with Gasteiger partial charge in [0.15, 0.2) is 0 Å². The van der Waals surface area contributed by atoms with Crippen molar-refractivity contribution >= 4 is 27.9 Å². The van der Waals surface area contributed by atoms with Crippen molar-refractivity contribution < 1.29 is 9.14 Å². The first-order valence-electron chi connectivity index (χ1n) is 9.06. The molecule has 4 aromatic rings. The molecule has 27 heavy (non-hydrogen) atoms. The highest BCUT2D eigenvalue weighted by molar-refractivity contribution is 7.98. The second kappa shape index (κ2) is 6.70. The third-order valence-electron chi connectivity index (χ3n) is 5.32. The molecular formula is C23H20NOS2+. The maximum atomic E-state index is 5.43. The predicted octanol–water partition coefficient (Wildman–Crippen LogP) is 5.65. The average Bonchev–Trinajstić information content (AvgIpc) is 3.15. The summed E-state index contributed by atoms with van der Waals surface area (Å²) in [6.45, 7) is 0. The van der Waals surface area contributed by atoms with Crippen molar-refractivity contribution in [3.63, 3.8) is 0 Å². The molecule has 5 rings (SSSR count). The molecule has 1 aliphatic rings. The van der Waals surface area contributed by atoms with Crippen LogP contribution in [0.2, 0.25) is 0 Å². The standard InChI is InChI=1S/C23H20NOS2/c1-25-17-9-11-18-16(12-17)8-10-19-20(18)13-22-24(23(19)26-2)21(14-27-22)15-6-4-3-5-7-15/h3-7,9,11-14H,8,10H2,1-2H3/q+1. The van der Waals surface area contributed by atoms with Crippen molar-refractivity contribution in [3.05, 3.63) is 71.1 Å². The Labute approximate surface area is 167 Å². The van der Waals surface area contributed by atoms with Gasteiger partial charge in [-0.25, -0.2) is 0 Å². The number of pyridine rings is 1. The number of fused-ring (bicyclic) bond motifs is 4. The van der Waals surface area contributed by atoms with Crippen LogP contribution in [0.4, 0.5) is 0 Å². The molecule has 0 fully saturated rings. The van der Waals surface area contributed by atoms with Crippen LogP contribution in [0, 0.1) is 0 Å². The molecule has 2 heterocycles. The number of methoxy groups -OCH3 is 1. The van der Waals surface area contributed by atoms with Crippen LogP contribution in [-0.4, -0.2) is 13.4 Å². The van der Waals surface area contributed by atoms with Crippen molar-refractivity contribution in [2.75, 3.05) is 13.4 Å². The average molecular weight is 391 g/mol. The van der Waals surface area contributed by atoms with Gasteiger partial charge < -0.3 is 4.74 Å². The highest BCUT2D eigenvalue weighted by Crippen LogP contribution is 2.40. The lowest BCUT2D eigenvalue weighted by Gasteiger charge is -2.20. The largest absolute Gasteiger partial charge is 0.497 e. The number of hydrogen-bond acceptors (Lipinski definition) is 3. The topological polar surface area (TPSA) is 13.3 Å². The summed E-state index contributed by atoms with van der Waals surface area (Å²) < 4.78 is 7.87. The maximum Gasteiger partial charge on any atom is 0.269 e. The van der Waals surface area contributed by atoms with Crippen LogP contribution in [0.3, 0.4) is 0 Å². The van der Waals surface area contributed by atoms with E-state index in [0.717, 1.165) is 18.6 Å². The Morgan fingerprint density at radius 3 is 2.63 bits per heavy atom. The molecule has 0 N–H and O–H groups in total. The molecule has 2 aromatic carbocycles. The Hall–Kier alpha value is -2.30. The minimum atomic E-state index is 0.945. The molecule has 0 radical (unpaired) electrons. The Kier molecular flexibility index (Phi) is 4.18. The highest BCUT2D eigenvalue weighted by Gasteiger charge is 2.29. The number of aromatic nitrogens is 1. The fourth-order valence-corrected chi connectivity index (χ4v) is 5.89. The Balaban J connectivity index is 1.78. The summed E-state index contributed by atoms with van der Waals surface area (Å²) >= 11 is 3.67. The third kappa shape index (κ3) is 2.67. The summed E-state index contributed by atoms with van der Waals surface area (Å²) in [5.41, 5.74) is 8.13. The molecule has 134 valence electrons. The van der Waals surface area contributed by atoms with Gasteiger partial charge in [-0.3, -0.25) is 0 Å². The van der Waals surface area contributed by atoms with Crippen molar-refractivity contribution in [1.29, 1.82) is 0 Å². The number of nitrogens with zero attached hydrogens (tertiary/aromatic N) is 1. The number of thiazole rings is 1. The van der Waals surface area contributed by atoms with E-state index >= 15 is 0 Å². The highest BCUT2D eigenvalue weighted by atomic mass is 32.2. The van der Waals surface area contributed by atoms with Crippen molar-refractivity contribution in [2.24, 2.45) is 0 Å². The van der Waals surface area contributed by atoms with Crippen LogP contribution >= 0.6 is 23.1 Å². The van der Waals surface area contributed by atoms with Gasteiger partial charge in [0.1, 0.15) is 5.75 Å². The van der Waals surface area contributed by atoms with Crippen molar-refractivity contribution in [1.82, 2.24) is 0 Å². The van der Waals surface area contributed by atoms with Gasteiger partial charge in [0, 0.05) is 17.2 Å². The van der Waals surface area contributed by atoms with E-state index in [2.05, 4.69) is 70.6 Å². The summed E-state index contributed by atoms with van der Waals surface area (Å²) in [6, 6.07) is 19.5. The van der Waals surface area contributed by atoms with Crippen molar-refractivity contribution in [2.45, 2.75) is 17.9 Å². The number of rotatable bonds is 3. The molecule has 0 saturated heterocycles. The van der Waals surface area contributed by atoms with E-state index < -0.39 is 0 Å². The zero-order chi connectivity index (χ0) is 18.4. The van der Waals surface area contributed by atoms with Gasteiger partial charge in [0.25, 0.3) is 9.86 Å². The third-order valence-corrected chi connectivity index (χ3v) is 7.02. The van der Waals surface area contributed by atoms with E-state index in [0.29, 0.717) is 0 Å². The SMILES string of the molecule is COc1ccc2c(c1)CCc1c-2cc2scc(-c3ccccc3)[n+]2c1SC. The molecule has 2 aromatic heterocycles. The quantitative estimate of drug-likeness (QED) is 0.331. The van der Waals surface area contributed by atoms with Gasteiger partial charge in [0.2, 0.25) is 5.69 Å². The zero-order valence-corrected chi connectivity index (χ0v) is 17.0. The van der Waals surface area contributed by atoms with Crippen molar-refractivity contribution in [3.8, 4) is 28.1 Å². The van der Waals surface area contributed by atoms with Gasteiger partial charge >= 0.3 is 0 Å². The first-order chi connectivity index (χ1) is 13.3. The molecule has 2 nitrogen and oxygen atoms in total. The Morgan fingerprint density at radius 1 is 1.00 bits per heavy atom. The maximum absolute atomic E-state index is 5.43. The lowest BCUT2D eigenvalue weighted by molar-refractivity contribution is -0.539. The molecule has 4 heteroatoms. The molecular weight excluding hydrogens is 370 g/mol. The van der Waals surface area contributed by atoms with E-state index in [9.17, 15) is 0 Å². The van der Waals surface area contributed by atoms with Crippen LogP contribution < -0.4 is 9.14 Å². The number of ether oxygens (including phenoxy) is 1. The molecule has 0 unspecified atom stereocenters. The van der Waals surface area contributed by atoms with E-state index in [1.54, 1.807) is 7.11 Å². The second-order valence-electron chi connectivity index (χ2n) is 6.73. The van der Waals surface area contributed by atoms with E-state index in [1.807, 2.05) is 23.1 Å². The first kappa shape index (κ1) is 16.8. The minimum absolute atomic E-state index is 0.945. The van der Waals surface area contributed by atoms with E-state index in [1.165, 1.54) is 43.4 Å². The number of benzene rings is 2. The minimum Gasteiger partial charge on any atom is -0.497 e. The van der Waals surface area contributed by atoms with Gasteiger partial charge in [0.05, 0.1) is 12.5 Å². The summed E-state index contributed by atoms with van der Waals surface area (Å²) in [5, 5.41) is 3.65. The smallest absolute Gasteiger partial charge is 0.269 e. The first-order valence-corrected chi connectivity index (χ1v) is 11.2. The molecule has 0 spiro atoms. The lowest BCUT2D eigenvalue weighted by atomic mass is 9.86. The Bertz CT molecular complexity index is 1150. The Morgan fingerprint density at radius 2 is 1.85 bits per heavy atom. The zero-order valence-electron chi connectivity index (χ0n) is 15.4.